The number of Topliss-reactive ketones (excluding diaryl/α,β-unsaturated/α-hetero) is 1. The number of allylic oxidation sites excluding steroid dienone is 2. The molecular weight excluding hydrogens is 220 g/mol. The standard InChI is InChI=1S/C17H22O/c1-17(2,15-12-8-5-9-13-15)16(18)14-10-6-3-4-7-11-14/h5,8-10,12-13H,3-4,6-7,11H2,1-2H3. The van der Waals surface area contributed by atoms with Crippen LogP contribution in [0.5, 0.6) is 0 Å². The van der Waals surface area contributed by atoms with Crippen molar-refractivity contribution >= 4 is 5.78 Å². The average molecular weight is 242 g/mol. The molecule has 0 spiro atoms. The second-order valence-corrected chi connectivity index (χ2v) is 5.65. The van der Waals surface area contributed by atoms with Crippen molar-refractivity contribution in [3.8, 4) is 0 Å². The summed E-state index contributed by atoms with van der Waals surface area (Å²) in [5.41, 5.74) is 1.75. The highest BCUT2D eigenvalue weighted by molar-refractivity contribution is 6.03. The van der Waals surface area contributed by atoms with Crippen molar-refractivity contribution in [3.05, 3.63) is 47.5 Å². The summed E-state index contributed by atoms with van der Waals surface area (Å²) in [4.78, 5) is 12.7. The lowest BCUT2D eigenvalue weighted by Gasteiger charge is -2.25. The second kappa shape index (κ2) is 5.51. The molecule has 1 aliphatic carbocycles. The first-order valence-electron chi connectivity index (χ1n) is 6.92. The van der Waals surface area contributed by atoms with Crippen molar-refractivity contribution in [2.75, 3.05) is 0 Å². The lowest BCUT2D eigenvalue weighted by atomic mass is 9.77. The zero-order chi connectivity index (χ0) is 13.0. The number of carbonyl (C=O) groups is 1. The predicted molar refractivity (Wildman–Crippen MR) is 75.6 cm³/mol. The van der Waals surface area contributed by atoms with E-state index in [0.29, 0.717) is 5.78 Å². The summed E-state index contributed by atoms with van der Waals surface area (Å²) in [5.74, 6) is 0.301. The van der Waals surface area contributed by atoms with Gasteiger partial charge in [-0.05, 0) is 50.7 Å². The second-order valence-electron chi connectivity index (χ2n) is 5.65. The topological polar surface area (TPSA) is 17.1 Å². The van der Waals surface area contributed by atoms with Crippen LogP contribution >= 0.6 is 0 Å². The number of hydrogen-bond donors (Lipinski definition) is 0. The van der Waals surface area contributed by atoms with Crippen molar-refractivity contribution in [2.45, 2.75) is 51.4 Å². The molecule has 1 aromatic carbocycles. The minimum atomic E-state index is -0.405. The third-order valence-electron chi connectivity index (χ3n) is 3.90. The van der Waals surface area contributed by atoms with Gasteiger partial charge in [0.25, 0.3) is 0 Å². The maximum Gasteiger partial charge on any atom is 0.168 e. The number of hydrogen-bond acceptors (Lipinski definition) is 1. The summed E-state index contributed by atoms with van der Waals surface area (Å²) in [7, 11) is 0. The van der Waals surface area contributed by atoms with Crippen molar-refractivity contribution in [1.29, 1.82) is 0 Å². The summed E-state index contributed by atoms with van der Waals surface area (Å²) in [6.45, 7) is 4.08. The first-order chi connectivity index (χ1) is 8.62. The number of rotatable bonds is 3. The van der Waals surface area contributed by atoms with Gasteiger partial charge in [0.2, 0.25) is 0 Å². The van der Waals surface area contributed by atoms with E-state index in [1.165, 1.54) is 12.8 Å². The summed E-state index contributed by atoms with van der Waals surface area (Å²) in [5, 5.41) is 0. The van der Waals surface area contributed by atoms with E-state index < -0.39 is 5.41 Å². The molecular formula is C17H22O. The van der Waals surface area contributed by atoms with Crippen LogP contribution < -0.4 is 0 Å². The van der Waals surface area contributed by atoms with Crippen LogP contribution in [-0.2, 0) is 10.2 Å². The number of carbonyl (C=O) groups excluding carboxylic acids is 1. The molecule has 0 heterocycles. The van der Waals surface area contributed by atoms with Gasteiger partial charge in [0.1, 0.15) is 0 Å². The van der Waals surface area contributed by atoms with Crippen LogP contribution in [0.25, 0.3) is 0 Å². The van der Waals surface area contributed by atoms with Crippen LogP contribution in [0.4, 0.5) is 0 Å². The van der Waals surface area contributed by atoms with Crippen molar-refractivity contribution in [2.24, 2.45) is 0 Å². The van der Waals surface area contributed by atoms with Crippen molar-refractivity contribution in [1.82, 2.24) is 0 Å². The van der Waals surface area contributed by atoms with Crippen LogP contribution in [-0.4, -0.2) is 5.78 Å². The van der Waals surface area contributed by atoms with E-state index in [1.807, 2.05) is 32.0 Å². The van der Waals surface area contributed by atoms with Crippen LogP contribution in [0, 0.1) is 0 Å². The highest BCUT2D eigenvalue weighted by Gasteiger charge is 2.31. The van der Waals surface area contributed by atoms with Crippen molar-refractivity contribution < 1.29 is 4.79 Å². The molecule has 0 fully saturated rings. The first kappa shape index (κ1) is 13.1. The van der Waals surface area contributed by atoms with E-state index in [1.54, 1.807) is 0 Å². The Kier molecular flexibility index (Phi) is 4.00. The van der Waals surface area contributed by atoms with Gasteiger partial charge in [-0.2, -0.15) is 0 Å². The predicted octanol–water partition coefficient (Wildman–Crippen LogP) is 4.42. The minimum Gasteiger partial charge on any atom is -0.294 e. The Morgan fingerprint density at radius 3 is 2.50 bits per heavy atom. The van der Waals surface area contributed by atoms with E-state index in [2.05, 4.69) is 18.2 Å². The zero-order valence-electron chi connectivity index (χ0n) is 11.4. The monoisotopic (exact) mass is 242 g/mol. The molecule has 18 heavy (non-hydrogen) atoms. The van der Waals surface area contributed by atoms with Gasteiger partial charge in [0.15, 0.2) is 5.78 Å². The van der Waals surface area contributed by atoms with E-state index in [9.17, 15) is 4.79 Å². The largest absolute Gasteiger partial charge is 0.294 e. The lowest BCUT2D eigenvalue weighted by molar-refractivity contribution is -0.120. The Hall–Kier alpha value is -1.37. The van der Waals surface area contributed by atoms with Gasteiger partial charge in [-0.3, -0.25) is 4.79 Å². The van der Waals surface area contributed by atoms with Gasteiger partial charge >= 0.3 is 0 Å². The SMILES string of the molecule is CC(C)(C(=O)C1=CCCCCC1)c1ccccc1. The molecule has 1 aromatic rings. The smallest absolute Gasteiger partial charge is 0.168 e. The van der Waals surface area contributed by atoms with Crippen LogP contribution in [0.1, 0.15) is 51.5 Å². The molecule has 96 valence electrons. The average Bonchev–Trinajstić information content (AvgIpc) is 2.67. The van der Waals surface area contributed by atoms with Gasteiger partial charge in [-0.15, -0.1) is 0 Å². The number of ketones is 1. The van der Waals surface area contributed by atoms with E-state index in [0.717, 1.165) is 30.4 Å². The van der Waals surface area contributed by atoms with Crippen molar-refractivity contribution in [3.63, 3.8) is 0 Å². The van der Waals surface area contributed by atoms with E-state index in [-0.39, 0.29) is 0 Å². The molecule has 0 saturated heterocycles. The maximum absolute atomic E-state index is 12.7. The van der Waals surface area contributed by atoms with Crippen LogP contribution in [0.15, 0.2) is 42.0 Å². The normalized spacial score (nSPS) is 16.9. The Labute approximate surface area is 110 Å². The summed E-state index contributed by atoms with van der Waals surface area (Å²) in [6, 6.07) is 10.1. The quantitative estimate of drug-likeness (QED) is 0.766. The fourth-order valence-electron chi connectivity index (χ4n) is 2.61. The van der Waals surface area contributed by atoms with Crippen LogP contribution in [0.2, 0.25) is 0 Å². The van der Waals surface area contributed by atoms with Gasteiger partial charge in [-0.25, -0.2) is 0 Å². The summed E-state index contributed by atoms with van der Waals surface area (Å²) < 4.78 is 0. The minimum absolute atomic E-state index is 0.301. The molecule has 0 aliphatic heterocycles. The Morgan fingerprint density at radius 2 is 1.78 bits per heavy atom. The Bertz CT molecular complexity index is 440. The molecule has 0 atom stereocenters. The van der Waals surface area contributed by atoms with Gasteiger partial charge < -0.3 is 0 Å². The van der Waals surface area contributed by atoms with Gasteiger partial charge in [-0.1, -0.05) is 42.8 Å². The molecule has 0 aromatic heterocycles. The molecule has 0 N–H and O–H groups in total. The highest BCUT2D eigenvalue weighted by Crippen LogP contribution is 2.30. The van der Waals surface area contributed by atoms with E-state index >= 15 is 0 Å². The molecule has 1 heteroatoms. The van der Waals surface area contributed by atoms with Gasteiger partial charge in [0.05, 0.1) is 5.41 Å². The fraction of sp³-hybridized carbons (Fsp3) is 0.471. The molecule has 1 aliphatic rings. The molecule has 0 bridgehead atoms. The molecule has 1 nitrogen and oxygen atoms in total. The van der Waals surface area contributed by atoms with Crippen LogP contribution in [0.3, 0.4) is 0 Å². The zero-order valence-corrected chi connectivity index (χ0v) is 11.4. The molecule has 0 unspecified atom stereocenters. The Balaban J connectivity index is 2.24. The fourth-order valence-corrected chi connectivity index (χ4v) is 2.61. The third kappa shape index (κ3) is 2.72. The summed E-state index contributed by atoms with van der Waals surface area (Å²) in [6.07, 6.45) is 7.81. The summed E-state index contributed by atoms with van der Waals surface area (Å²) >= 11 is 0. The Morgan fingerprint density at radius 1 is 1.06 bits per heavy atom. The van der Waals surface area contributed by atoms with Gasteiger partial charge in [0, 0.05) is 0 Å². The molecule has 2 rings (SSSR count). The van der Waals surface area contributed by atoms with E-state index in [4.69, 9.17) is 0 Å². The third-order valence-corrected chi connectivity index (χ3v) is 3.90. The first-order valence-corrected chi connectivity index (χ1v) is 6.92. The lowest BCUT2D eigenvalue weighted by Crippen LogP contribution is -2.30. The maximum atomic E-state index is 12.7. The number of benzene rings is 1. The molecule has 0 amide bonds. The molecule has 0 saturated carbocycles. The highest BCUT2D eigenvalue weighted by atomic mass is 16.1. The molecule has 0 radical (unpaired) electrons.